The molecule has 1 aliphatic rings. The maximum Gasteiger partial charge on any atom is 0.171 e. The zero-order valence-corrected chi connectivity index (χ0v) is 7.34. The number of aldehydes is 1. The summed E-state index contributed by atoms with van der Waals surface area (Å²) >= 11 is 1.92. The fourth-order valence-electron chi connectivity index (χ4n) is 1.31. The Morgan fingerprint density at radius 2 is 2.67 bits per heavy atom. The predicted octanol–water partition coefficient (Wildman–Crippen LogP) is 1.71. The number of nitrogens with zero attached hydrogens (tertiary/aromatic N) is 1. The van der Waals surface area contributed by atoms with Crippen molar-refractivity contribution in [2.45, 2.75) is 12.3 Å². The second kappa shape index (κ2) is 3.31. The van der Waals surface area contributed by atoms with Crippen LogP contribution in [0.5, 0.6) is 0 Å². The molecule has 1 aliphatic heterocycles. The van der Waals surface area contributed by atoms with E-state index in [0.29, 0.717) is 11.6 Å². The van der Waals surface area contributed by atoms with Crippen LogP contribution in [-0.4, -0.2) is 22.9 Å². The summed E-state index contributed by atoms with van der Waals surface area (Å²) in [6.07, 6.45) is 1.85. The van der Waals surface area contributed by atoms with Crippen LogP contribution in [0.25, 0.3) is 0 Å². The van der Waals surface area contributed by atoms with Crippen LogP contribution in [0.2, 0.25) is 0 Å². The van der Waals surface area contributed by atoms with E-state index >= 15 is 0 Å². The molecule has 0 saturated carbocycles. The van der Waals surface area contributed by atoms with Crippen molar-refractivity contribution in [2.24, 2.45) is 0 Å². The number of rotatable bonds is 2. The van der Waals surface area contributed by atoms with Crippen LogP contribution in [0, 0.1) is 0 Å². The summed E-state index contributed by atoms with van der Waals surface area (Å²) < 4.78 is 5.04. The van der Waals surface area contributed by atoms with E-state index in [-0.39, 0.29) is 0 Å². The lowest BCUT2D eigenvalue weighted by atomic mass is 10.1. The fraction of sp³-hybridized carbons (Fsp3) is 0.500. The number of carbonyl (C=O) groups excluding carboxylic acids is 1. The molecule has 3 nitrogen and oxygen atoms in total. The van der Waals surface area contributed by atoms with E-state index in [9.17, 15) is 4.79 Å². The molecule has 0 aliphatic carbocycles. The van der Waals surface area contributed by atoms with Crippen LogP contribution >= 0.6 is 11.8 Å². The molecule has 2 rings (SSSR count). The van der Waals surface area contributed by atoms with Gasteiger partial charge in [0.25, 0.3) is 0 Å². The summed E-state index contributed by atoms with van der Waals surface area (Å²) in [6.45, 7) is 0. The van der Waals surface area contributed by atoms with Gasteiger partial charge in [0.1, 0.15) is 11.5 Å². The summed E-state index contributed by atoms with van der Waals surface area (Å²) in [5.74, 6) is 3.60. The van der Waals surface area contributed by atoms with Crippen LogP contribution in [0.15, 0.2) is 10.6 Å². The summed E-state index contributed by atoms with van der Waals surface area (Å²) in [5, 5.41) is 3.63. The Kier molecular flexibility index (Phi) is 2.17. The van der Waals surface area contributed by atoms with Gasteiger partial charge in [-0.25, -0.2) is 0 Å². The smallest absolute Gasteiger partial charge is 0.171 e. The molecule has 1 aromatic rings. The molecule has 0 aromatic carbocycles. The molecule has 64 valence electrons. The summed E-state index contributed by atoms with van der Waals surface area (Å²) in [6, 6.07) is 1.74. The molecule has 1 unspecified atom stereocenters. The molecule has 1 atom stereocenters. The lowest BCUT2D eigenvalue weighted by Crippen LogP contribution is -1.92. The van der Waals surface area contributed by atoms with Crippen molar-refractivity contribution in [1.29, 1.82) is 0 Å². The molecule has 1 saturated heterocycles. The van der Waals surface area contributed by atoms with Gasteiger partial charge in [0.2, 0.25) is 0 Å². The van der Waals surface area contributed by atoms with Crippen molar-refractivity contribution in [3.63, 3.8) is 0 Å². The van der Waals surface area contributed by atoms with Crippen molar-refractivity contribution in [3.05, 3.63) is 17.5 Å². The molecule has 1 fully saturated rings. The van der Waals surface area contributed by atoms with Gasteiger partial charge in [0, 0.05) is 17.7 Å². The Morgan fingerprint density at radius 1 is 1.75 bits per heavy atom. The maximum absolute atomic E-state index is 10.3. The lowest BCUT2D eigenvalue weighted by Gasteiger charge is -1.99. The van der Waals surface area contributed by atoms with Crippen LogP contribution in [-0.2, 0) is 0 Å². The van der Waals surface area contributed by atoms with Gasteiger partial charge in [-0.1, -0.05) is 5.16 Å². The molecular weight excluding hydrogens is 174 g/mol. The second-order valence-corrected chi connectivity index (χ2v) is 3.98. The van der Waals surface area contributed by atoms with Gasteiger partial charge in [0.05, 0.1) is 0 Å². The lowest BCUT2D eigenvalue weighted by molar-refractivity contribution is 0.111. The highest BCUT2D eigenvalue weighted by molar-refractivity contribution is 7.99. The second-order valence-electron chi connectivity index (χ2n) is 2.83. The molecule has 0 spiro atoms. The SMILES string of the molecule is O=Cc1cc(C2CCSC2)on1. The van der Waals surface area contributed by atoms with Gasteiger partial charge in [0.15, 0.2) is 6.29 Å². The minimum atomic E-state index is 0.405. The first-order valence-electron chi connectivity index (χ1n) is 3.89. The molecule has 0 N–H and O–H groups in total. The third kappa shape index (κ3) is 1.39. The third-order valence-electron chi connectivity index (χ3n) is 2.00. The number of thioether (sulfide) groups is 1. The van der Waals surface area contributed by atoms with E-state index in [1.54, 1.807) is 6.07 Å². The number of hydrogen-bond acceptors (Lipinski definition) is 4. The normalized spacial score (nSPS) is 22.8. The van der Waals surface area contributed by atoms with E-state index < -0.39 is 0 Å². The Bertz CT molecular complexity index is 278. The first kappa shape index (κ1) is 7.86. The van der Waals surface area contributed by atoms with E-state index in [1.165, 1.54) is 5.75 Å². The van der Waals surface area contributed by atoms with Crippen molar-refractivity contribution in [2.75, 3.05) is 11.5 Å². The molecule has 0 radical (unpaired) electrons. The van der Waals surface area contributed by atoms with Gasteiger partial charge in [-0.2, -0.15) is 11.8 Å². The minimum absolute atomic E-state index is 0.405. The highest BCUT2D eigenvalue weighted by Crippen LogP contribution is 2.32. The molecule has 12 heavy (non-hydrogen) atoms. The average Bonchev–Trinajstić information content (AvgIpc) is 2.75. The number of carbonyl (C=O) groups is 1. The van der Waals surface area contributed by atoms with Gasteiger partial charge >= 0.3 is 0 Å². The maximum atomic E-state index is 10.3. The number of hydrogen-bond donors (Lipinski definition) is 0. The minimum Gasteiger partial charge on any atom is -0.360 e. The van der Waals surface area contributed by atoms with Crippen molar-refractivity contribution in [1.82, 2.24) is 5.16 Å². The van der Waals surface area contributed by atoms with Crippen LogP contribution in [0.4, 0.5) is 0 Å². The highest BCUT2D eigenvalue weighted by atomic mass is 32.2. The Hall–Kier alpha value is -0.770. The van der Waals surface area contributed by atoms with Crippen molar-refractivity contribution < 1.29 is 9.32 Å². The molecule has 4 heteroatoms. The van der Waals surface area contributed by atoms with Gasteiger partial charge in [-0.05, 0) is 12.2 Å². The highest BCUT2D eigenvalue weighted by Gasteiger charge is 2.21. The Balaban J connectivity index is 2.16. The zero-order chi connectivity index (χ0) is 8.39. The van der Waals surface area contributed by atoms with E-state index in [0.717, 1.165) is 24.2 Å². The fourth-order valence-corrected chi connectivity index (χ4v) is 2.54. The quantitative estimate of drug-likeness (QED) is 0.654. The standard InChI is InChI=1S/C8H9NO2S/c10-4-7-3-8(11-9-7)6-1-2-12-5-6/h3-4,6H,1-2,5H2. The largest absolute Gasteiger partial charge is 0.360 e. The first-order valence-corrected chi connectivity index (χ1v) is 5.05. The average molecular weight is 183 g/mol. The monoisotopic (exact) mass is 183 g/mol. The molecule has 2 heterocycles. The van der Waals surface area contributed by atoms with Crippen LogP contribution in [0.1, 0.15) is 28.6 Å². The Morgan fingerprint density at radius 3 is 3.25 bits per heavy atom. The van der Waals surface area contributed by atoms with Crippen molar-refractivity contribution >= 4 is 18.0 Å². The summed E-state index contributed by atoms with van der Waals surface area (Å²) in [4.78, 5) is 10.3. The van der Waals surface area contributed by atoms with Crippen LogP contribution < -0.4 is 0 Å². The van der Waals surface area contributed by atoms with E-state index in [4.69, 9.17) is 4.52 Å². The molecule has 0 bridgehead atoms. The molecule has 0 amide bonds. The molecule has 1 aromatic heterocycles. The topological polar surface area (TPSA) is 43.1 Å². The zero-order valence-electron chi connectivity index (χ0n) is 6.53. The van der Waals surface area contributed by atoms with E-state index in [2.05, 4.69) is 5.16 Å². The van der Waals surface area contributed by atoms with Crippen molar-refractivity contribution in [3.8, 4) is 0 Å². The van der Waals surface area contributed by atoms with Gasteiger partial charge in [-0.15, -0.1) is 0 Å². The Labute approximate surface area is 74.5 Å². The first-order chi connectivity index (χ1) is 5.90. The van der Waals surface area contributed by atoms with Gasteiger partial charge in [-0.3, -0.25) is 4.79 Å². The summed E-state index contributed by atoms with van der Waals surface area (Å²) in [7, 11) is 0. The van der Waals surface area contributed by atoms with Gasteiger partial charge < -0.3 is 4.52 Å². The van der Waals surface area contributed by atoms with Crippen LogP contribution in [0.3, 0.4) is 0 Å². The van der Waals surface area contributed by atoms with E-state index in [1.807, 2.05) is 11.8 Å². The molecular formula is C8H9NO2S. The third-order valence-corrected chi connectivity index (χ3v) is 3.16. The summed E-state index contributed by atoms with van der Waals surface area (Å²) in [5.41, 5.74) is 0.405. The predicted molar refractivity (Wildman–Crippen MR) is 46.6 cm³/mol. The number of aromatic nitrogens is 1.